The largest absolute Gasteiger partial charge is 0.454 e. The summed E-state index contributed by atoms with van der Waals surface area (Å²) in [7, 11) is 0. The van der Waals surface area contributed by atoms with E-state index in [1.54, 1.807) is 18.2 Å². The van der Waals surface area contributed by atoms with Crippen LogP contribution in [-0.4, -0.2) is 6.79 Å². The summed E-state index contributed by atoms with van der Waals surface area (Å²) in [5.41, 5.74) is 2.24. The van der Waals surface area contributed by atoms with Crippen molar-refractivity contribution in [2.24, 2.45) is 0 Å². The van der Waals surface area contributed by atoms with Crippen LogP contribution in [0.2, 0.25) is 5.02 Å². The van der Waals surface area contributed by atoms with Crippen LogP contribution >= 0.6 is 11.6 Å². The molecule has 0 aliphatic carbocycles. The minimum Gasteiger partial charge on any atom is -0.454 e. The van der Waals surface area contributed by atoms with Crippen LogP contribution in [0, 0.1) is 11.3 Å². The van der Waals surface area contributed by atoms with Crippen molar-refractivity contribution in [2.45, 2.75) is 6.54 Å². The second-order valence-corrected chi connectivity index (χ2v) is 4.74. The summed E-state index contributed by atoms with van der Waals surface area (Å²) in [4.78, 5) is 0. The van der Waals surface area contributed by atoms with Gasteiger partial charge in [0.25, 0.3) is 0 Å². The van der Waals surface area contributed by atoms with E-state index >= 15 is 0 Å². The van der Waals surface area contributed by atoms with Gasteiger partial charge in [-0.2, -0.15) is 5.26 Å². The third kappa shape index (κ3) is 2.36. The average molecular weight is 287 g/mol. The van der Waals surface area contributed by atoms with E-state index < -0.39 is 0 Å². The molecule has 0 spiro atoms. The highest BCUT2D eigenvalue weighted by Crippen LogP contribution is 2.35. The molecule has 5 heteroatoms. The highest BCUT2D eigenvalue weighted by Gasteiger charge is 2.17. The van der Waals surface area contributed by atoms with Gasteiger partial charge < -0.3 is 14.8 Å². The Morgan fingerprint density at radius 2 is 2.15 bits per heavy atom. The number of ether oxygens (including phenoxy) is 2. The predicted molar refractivity (Wildman–Crippen MR) is 76.1 cm³/mol. The van der Waals surface area contributed by atoms with Crippen LogP contribution in [0.15, 0.2) is 36.4 Å². The van der Waals surface area contributed by atoms with Crippen molar-refractivity contribution in [3.8, 4) is 17.6 Å². The van der Waals surface area contributed by atoms with E-state index in [1.165, 1.54) is 0 Å². The molecular formula is C15H11ClN2O2. The van der Waals surface area contributed by atoms with Crippen LogP contribution in [-0.2, 0) is 6.54 Å². The van der Waals surface area contributed by atoms with E-state index in [4.69, 9.17) is 26.3 Å². The summed E-state index contributed by atoms with van der Waals surface area (Å²) >= 11 is 5.87. The van der Waals surface area contributed by atoms with Gasteiger partial charge in [0.15, 0.2) is 11.5 Å². The Morgan fingerprint density at radius 3 is 3.00 bits per heavy atom. The summed E-state index contributed by atoms with van der Waals surface area (Å²) in [6, 6.07) is 13.0. The first kappa shape index (κ1) is 12.6. The quantitative estimate of drug-likeness (QED) is 0.937. The van der Waals surface area contributed by atoms with Gasteiger partial charge in [-0.1, -0.05) is 23.7 Å². The lowest BCUT2D eigenvalue weighted by Crippen LogP contribution is -2.02. The zero-order chi connectivity index (χ0) is 13.9. The van der Waals surface area contributed by atoms with Gasteiger partial charge in [-0.25, -0.2) is 0 Å². The van der Waals surface area contributed by atoms with Gasteiger partial charge in [-0.3, -0.25) is 0 Å². The smallest absolute Gasteiger partial charge is 0.231 e. The first-order chi connectivity index (χ1) is 9.78. The lowest BCUT2D eigenvalue weighted by Gasteiger charge is -2.10. The average Bonchev–Trinajstić information content (AvgIpc) is 2.94. The maximum absolute atomic E-state index is 9.10. The first-order valence-corrected chi connectivity index (χ1v) is 6.47. The summed E-state index contributed by atoms with van der Waals surface area (Å²) in [6.07, 6.45) is 0. The molecule has 0 aromatic heterocycles. The van der Waals surface area contributed by atoms with Crippen LogP contribution in [0.5, 0.6) is 11.5 Å². The van der Waals surface area contributed by atoms with Crippen LogP contribution in [0.1, 0.15) is 11.1 Å². The lowest BCUT2D eigenvalue weighted by atomic mass is 10.1. The molecule has 2 aromatic carbocycles. The fourth-order valence-corrected chi connectivity index (χ4v) is 2.26. The van der Waals surface area contributed by atoms with E-state index in [-0.39, 0.29) is 6.79 Å². The maximum atomic E-state index is 9.10. The molecule has 20 heavy (non-hydrogen) atoms. The lowest BCUT2D eigenvalue weighted by molar-refractivity contribution is 0.173. The number of halogens is 1. The number of nitrogens with one attached hydrogen (secondary N) is 1. The Morgan fingerprint density at radius 1 is 1.25 bits per heavy atom. The van der Waals surface area contributed by atoms with E-state index in [9.17, 15) is 0 Å². The van der Waals surface area contributed by atoms with Gasteiger partial charge in [0.05, 0.1) is 11.3 Å². The standard InChI is InChI=1S/C15H11ClN2O2/c16-12-4-5-13(11(6-12)7-17)18-8-10-2-1-3-14-15(10)20-9-19-14/h1-6,18H,8-9H2. The van der Waals surface area contributed by atoms with E-state index in [0.717, 1.165) is 22.7 Å². The molecule has 0 saturated carbocycles. The zero-order valence-electron chi connectivity index (χ0n) is 10.5. The van der Waals surface area contributed by atoms with Gasteiger partial charge in [-0.05, 0) is 24.3 Å². The summed E-state index contributed by atoms with van der Waals surface area (Å²) in [6.45, 7) is 0.791. The van der Waals surface area contributed by atoms with Crippen molar-refractivity contribution in [3.63, 3.8) is 0 Å². The molecule has 100 valence electrons. The molecule has 0 atom stereocenters. The first-order valence-electron chi connectivity index (χ1n) is 6.09. The number of anilines is 1. The van der Waals surface area contributed by atoms with E-state index in [2.05, 4.69) is 11.4 Å². The Hall–Kier alpha value is -2.38. The summed E-state index contributed by atoms with van der Waals surface area (Å²) < 4.78 is 10.8. The number of para-hydroxylation sites is 1. The van der Waals surface area contributed by atoms with Crippen molar-refractivity contribution < 1.29 is 9.47 Å². The van der Waals surface area contributed by atoms with Gasteiger partial charge in [0.2, 0.25) is 6.79 Å². The topological polar surface area (TPSA) is 54.3 Å². The summed E-state index contributed by atoms with van der Waals surface area (Å²) in [5, 5.41) is 12.9. The third-order valence-electron chi connectivity index (χ3n) is 3.05. The minimum atomic E-state index is 0.247. The van der Waals surface area contributed by atoms with Crippen molar-refractivity contribution in [1.82, 2.24) is 0 Å². The molecule has 4 nitrogen and oxygen atoms in total. The molecule has 0 radical (unpaired) electrons. The van der Waals surface area contributed by atoms with Gasteiger partial charge in [0.1, 0.15) is 6.07 Å². The number of nitrogens with zero attached hydrogens (tertiary/aromatic N) is 1. The molecule has 1 heterocycles. The minimum absolute atomic E-state index is 0.247. The van der Waals surface area contributed by atoms with E-state index in [0.29, 0.717) is 17.1 Å². The third-order valence-corrected chi connectivity index (χ3v) is 3.28. The zero-order valence-corrected chi connectivity index (χ0v) is 11.3. The monoisotopic (exact) mass is 286 g/mol. The highest BCUT2D eigenvalue weighted by molar-refractivity contribution is 6.30. The molecule has 1 aliphatic rings. The van der Waals surface area contributed by atoms with Gasteiger partial charge in [0, 0.05) is 17.1 Å². The van der Waals surface area contributed by atoms with Crippen LogP contribution in [0.3, 0.4) is 0 Å². The normalized spacial score (nSPS) is 12.0. The van der Waals surface area contributed by atoms with Crippen molar-refractivity contribution >= 4 is 17.3 Å². The van der Waals surface area contributed by atoms with Gasteiger partial charge in [-0.15, -0.1) is 0 Å². The van der Waals surface area contributed by atoms with Crippen molar-refractivity contribution in [1.29, 1.82) is 5.26 Å². The predicted octanol–water partition coefficient (Wildman–Crippen LogP) is 3.55. The van der Waals surface area contributed by atoms with Crippen LogP contribution in [0.4, 0.5) is 5.69 Å². The fourth-order valence-electron chi connectivity index (χ4n) is 2.08. The molecule has 0 fully saturated rings. The molecule has 0 bridgehead atoms. The number of benzene rings is 2. The molecule has 3 rings (SSSR count). The SMILES string of the molecule is N#Cc1cc(Cl)ccc1NCc1cccc2c1OCO2. The second-order valence-electron chi connectivity index (χ2n) is 4.31. The fraction of sp³-hybridized carbons (Fsp3) is 0.133. The van der Waals surface area contributed by atoms with Crippen molar-refractivity contribution in [2.75, 3.05) is 12.1 Å². The molecule has 0 unspecified atom stereocenters. The summed E-state index contributed by atoms with van der Waals surface area (Å²) in [5.74, 6) is 1.51. The molecule has 1 aliphatic heterocycles. The number of nitriles is 1. The Balaban J connectivity index is 1.81. The molecule has 2 aromatic rings. The number of fused-ring (bicyclic) bond motifs is 1. The number of hydrogen-bond acceptors (Lipinski definition) is 4. The van der Waals surface area contributed by atoms with Crippen molar-refractivity contribution in [3.05, 3.63) is 52.5 Å². The van der Waals surface area contributed by atoms with Crippen LogP contribution in [0.25, 0.3) is 0 Å². The molecule has 1 N–H and O–H groups in total. The maximum Gasteiger partial charge on any atom is 0.231 e. The highest BCUT2D eigenvalue weighted by atomic mass is 35.5. The Kier molecular flexibility index (Phi) is 3.36. The Labute approximate surface area is 121 Å². The number of rotatable bonds is 3. The van der Waals surface area contributed by atoms with Crippen LogP contribution < -0.4 is 14.8 Å². The number of hydrogen-bond donors (Lipinski definition) is 1. The van der Waals surface area contributed by atoms with Gasteiger partial charge >= 0.3 is 0 Å². The molecular weight excluding hydrogens is 276 g/mol. The molecule has 0 saturated heterocycles. The van der Waals surface area contributed by atoms with E-state index in [1.807, 2.05) is 18.2 Å². The molecule has 0 amide bonds. The Bertz CT molecular complexity index is 695. The second kappa shape index (κ2) is 5.32.